The van der Waals surface area contributed by atoms with Crippen LogP contribution in [0.3, 0.4) is 0 Å². The molecule has 0 aliphatic carbocycles. The molecule has 1 fully saturated rings. The topological polar surface area (TPSA) is 48.3 Å². The lowest BCUT2D eigenvalue weighted by molar-refractivity contribution is 0.0943. The average Bonchev–Trinajstić information content (AvgIpc) is 2.95. The van der Waals surface area contributed by atoms with Gasteiger partial charge in [-0.25, -0.2) is 0 Å². The number of hydrogen-bond acceptors (Lipinski definition) is 4. The van der Waals surface area contributed by atoms with Crippen molar-refractivity contribution in [3.8, 4) is 5.75 Å². The Kier molecular flexibility index (Phi) is 4.02. The molecule has 0 bridgehead atoms. The van der Waals surface area contributed by atoms with Crippen LogP contribution in [-0.2, 0) is 11.8 Å². The van der Waals surface area contributed by atoms with Crippen LogP contribution >= 0.6 is 0 Å². The lowest BCUT2D eigenvalue weighted by Crippen LogP contribution is -2.24. The molecule has 2 unspecified atom stereocenters. The zero-order valence-electron chi connectivity index (χ0n) is 10.8. The van der Waals surface area contributed by atoms with Gasteiger partial charge in [-0.05, 0) is 26.3 Å². The van der Waals surface area contributed by atoms with Crippen LogP contribution < -0.4 is 10.1 Å². The van der Waals surface area contributed by atoms with Crippen molar-refractivity contribution in [2.75, 3.05) is 20.8 Å². The van der Waals surface area contributed by atoms with Crippen LogP contribution in [0.2, 0.25) is 0 Å². The third-order valence-corrected chi connectivity index (χ3v) is 3.37. The van der Waals surface area contributed by atoms with Crippen molar-refractivity contribution in [2.24, 2.45) is 7.05 Å². The molecular formula is C12H21N3O2. The standard InChI is InChI=1S/C12H21N3O2/c1-13-10(7-9-5-4-6-17-9)12-11(16-3)8-14-15(12)2/h8-10,13H,4-7H2,1-3H3. The van der Waals surface area contributed by atoms with Gasteiger partial charge in [-0.3, -0.25) is 4.68 Å². The molecule has 1 aliphatic rings. The number of aryl methyl sites for hydroxylation is 1. The van der Waals surface area contributed by atoms with Gasteiger partial charge >= 0.3 is 0 Å². The van der Waals surface area contributed by atoms with E-state index in [1.807, 2.05) is 18.8 Å². The largest absolute Gasteiger partial charge is 0.493 e. The minimum absolute atomic E-state index is 0.223. The Labute approximate surface area is 102 Å². The first kappa shape index (κ1) is 12.4. The molecule has 1 saturated heterocycles. The van der Waals surface area contributed by atoms with Crippen LogP contribution in [0.1, 0.15) is 31.0 Å². The molecule has 17 heavy (non-hydrogen) atoms. The summed E-state index contributed by atoms with van der Waals surface area (Å²) >= 11 is 0. The average molecular weight is 239 g/mol. The highest BCUT2D eigenvalue weighted by atomic mass is 16.5. The van der Waals surface area contributed by atoms with E-state index in [2.05, 4.69) is 10.4 Å². The van der Waals surface area contributed by atoms with Gasteiger partial charge in [0.15, 0.2) is 5.75 Å². The highest BCUT2D eigenvalue weighted by molar-refractivity contribution is 5.28. The molecule has 1 aromatic heterocycles. The quantitative estimate of drug-likeness (QED) is 0.840. The third-order valence-electron chi connectivity index (χ3n) is 3.37. The van der Waals surface area contributed by atoms with E-state index in [0.29, 0.717) is 6.10 Å². The normalized spacial score (nSPS) is 21.7. The van der Waals surface area contributed by atoms with Crippen LogP contribution in [0.5, 0.6) is 5.75 Å². The molecule has 2 atom stereocenters. The van der Waals surface area contributed by atoms with Crippen molar-refractivity contribution >= 4 is 0 Å². The van der Waals surface area contributed by atoms with E-state index < -0.39 is 0 Å². The maximum atomic E-state index is 5.69. The highest BCUT2D eigenvalue weighted by Crippen LogP contribution is 2.30. The van der Waals surface area contributed by atoms with E-state index in [4.69, 9.17) is 9.47 Å². The number of rotatable bonds is 5. The zero-order valence-corrected chi connectivity index (χ0v) is 10.8. The second kappa shape index (κ2) is 5.51. The lowest BCUT2D eigenvalue weighted by atomic mass is 10.0. The van der Waals surface area contributed by atoms with E-state index in [-0.39, 0.29) is 6.04 Å². The van der Waals surface area contributed by atoms with Gasteiger partial charge in [0, 0.05) is 13.7 Å². The van der Waals surface area contributed by atoms with Crippen LogP contribution in [-0.4, -0.2) is 36.6 Å². The van der Waals surface area contributed by atoms with Crippen molar-refractivity contribution in [3.63, 3.8) is 0 Å². The first-order chi connectivity index (χ1) is 8.26. The summed E-state index contributed by atoms with van der Waals surface area (Å²) < 4.78 is 12.9. The number of nitrogens with one attached hydrogen (secondary N) is 1. The maximum absolute atomic E-state index is 5.69. The van der Waals surface area contributed by atoms with Crippen molar-refractivity contribution in [3.05, 3.63) is 11.9 Å². The van der Waals surface area contributed by atoms with Gasteiger partial charge in [0.1, 0.15) is 0 Å². The number of hydrogen-bond donors (Lipinski definition) is 1. The molecule has 5 nitrogen and oxygen atoms in total. The Balaban J connectivity index is 2.12. The predicted octanol–water partition coefficient (Wildman–Crippen LogP) is 1.26. The van der Waals surface area contributed by atoms with Crippen LogP contribution in [0.25, 0.3) is 0 Å². The molecule has 0 aromatic carbocycles. The molecule has 0 radical (unpaired) electrons. The number of aromatic nitrogens is 2. The van der Waals surface area contributed by atoms with E-state index in [1.165, 1.54) is 6.42 Å². The van der Waals surface area contributed by atoms with Gasteiger partial charge < -0.3 is 14.8 Å². The molecule has 0 saturated carbocycles. The third kappa shape index (κ3) is 2.61. The summed E-state index contributed by atoms with van der Waals surface area (Å²) in [7, 11) is 5.59. The molecule has 2 rings (SSSR count). The summed E-state index contributed by atoms with van der Waals surface area (Å²) in [5.74, 6) is 0.838. The van der Waals surface area contributed by atoms with Gasteiger partial charge in [0.05, 0.1) is 31.1 Å². The number of nitrogens with zero attached hydrogens (tertiary/aromatic N) is 2. The summed E-state index contributed by atoms with van der Waals surface area (Å²) in [5, 5.41) is 7.57. The first-order valence-electron chi connectivity index (χ1n) is 6.11. The Hall–Kier alpha value is -1.07. The Morgan fingerprint density at radius 3 is 3.12 bits per heavy atom. The van der Waals surface area contributed by atoms with E-state index in [9.17, 15) is 0 Å². The molecule has 0 amide bonds. The Morgan fingerprint density at radius 1 is 1.71 bits per heavy atom. The Morgan fingerprint density at radius 2 is 2.53 bits per heavy atom. The molecule has 2 heterocycles. The molecular weight excluding hydrogens is 218 g/mol. The van der Waals surface area contributed by atoms with Crippen molar-refractivity contribution in [2.45, 2.75) is 31.4 Å². The van der Waals surface area contributed by atoms with Gasteiger partial charge in [-0.2, -0.15) is 5.10 Å². The number of ether oxygens (including phenoxy) is 2. The molecule has 0 spiro atoms. The van der Waals surface area contributed by atoms with Gasteiger partial charge in [-0.15, -0.1) is 0 Å². The minimum atomic E-state index is 0.223. The molecule has 5 heteroatoms. The first-order valence-corrected chi connectivity index (χ1v) is 6.11. The van der Waals surface area contributed by atoms with Crippen molar-refractivity contribution in [1.29, 1.82) is 0 Å². The second-order valence-corrected chi connectivity index (χ2v) is 4.43. The fourth-order valence-corrected chi connectivity index (χ4v) is 2.44. The summed E-state index contributed by atoms with van der Waals surface area (Å²) in [6.45, 7) is 0.892. The highest BCUT2D eigenvalue weighted by Gasteiger charge is 2.25. The molecule has 1 N–H and O–H groups in total. The SMILES string of the molecule is CNC(CC1CCCO1)c1c(OC)cnn1C. The van der Waals surface area contributed by atoms with Gasteiger partial charge in [-0.1, -0.05) is 0 Å². The summed E-state index contributed by atoms with van der Waals surface area (Å²) in [4.78, 5) is 0. The summed E-state index contributed by atoms with van der Waals surface area (Å²) in [5.41, 5.74) is 1.09. The monoisotopic (exact) mass is 239 g/mol. The van der Waals surface area contributed by atoms with Crippen molar-refractivity contribution in [1.82, 2.24) is 15.1 Å². The molecule has 1 aliphatic heterocycles. The van der Waals surface area contributed by atoms with E-state index in [0.717, 1.165) is 30.9 Å². The predicted molar refractivity (Wildman–Crippen MR) is 65.2 cm³/mol. The maximum Gasteiger partial charge on any atom is 0.161 e. The fourth-order valence-electron chi connectivity index (χ4n) is 2.44. The van der Waals surface area contributed by atoms with Crippen LogP contribution in [0, 0.1) is 0 Å². The van der Waals surface area contributed by atoms with E-state index >= 15 is 0 Å². The lowest BCUT2D eigenvalue weighted by Gasteiger charge is -2.21. The molecule has 1 aromatic rings. The summed E-state index contributed by atoms with van der Waals surface area (Å²) in [6.07, 6.45) is 5.40. The van der Waals surface area contributed by atoms with Crippen molar-refractivity contribution < 1.29 is 9.47 Å². The van der Waals surface area contributed by atoms with Crippen LogP contribution in [0.15, 0.2) is 6.20 Å². The van der Waals surface area contributed by atoms with Gasteiger partial charge in [0.25, 0.3) is 0 Å². The smallest absolute Gasteiger partial charge is 0.161 e. The number of methoxy groups -OCH3 is 1. The van der Waals surface area contributed by atoms with E-state index in [1.54, 1.807) is 13.3 Å². The fraction of sp³-hybridized carbons (Fsp3) is 0.750. The van der Waals surface area contributed by atoms with Crippen LogP contribution in [0.4, 0.5) is 0 Å². The second-order valence-electron chi connectivity index (χ2n) is 4.43. The zero-order chi connectivity index (χ0) is 12.3. The molecule has 96 valence electrons. The Bertz CT molecular complexity index is 359. The summed E-state index contributed by atoms with van der Waals surface area (Å²) in [6, 6.07) is 0.223. The minimum Gasteiger partial charge on any atom is -0.493 e. The van der Waals surface area contributed by atoms with Gasteiger partial charge in [0.2, 0.25) is 0 Å².